The SMILES string of the molecule is CC1CC2CCNC2N(C)C1. The van der Waals surface area contributed by atoms with Gasteiger partial charge in [-0.15, -0.1) is 0 Å². The van der Waals surface area contributed by atoms with Crippen LogP contribution in [0, 0.1) is 11.8 Å². The Morgan fingerprint density at radius 2 is 2.27 bits per heavy atom. The first-order chi connectivity index (χ1) is 5.27. The van der Waals surface area contributed by atoms with E-state index in [4.69, 9.17) is 0 Å². The van der Waals surface area contributed by atoms with E-state index in [1.54, 1.807) is 0 Å². The maximum atomic E-state index is 3.55. The van der Waals surface area contributed by atoms with Crippen LogP contribution in [0.4, 0.5) is 0 Å². The lowest BCUT2D eigenvalue weighted by Crippen LogP contribution is -2.49. The van der Waals surface area contributed by atoms with Gasteiger partial charge in [-0.2, -0.15) is 0 Å². The topological polar surface area (TPSA) is 15.3 Å². The molecule has 2 aliphatic rings. The van der Waals surface area contributed by atoms with Crippen LogP contribution in [0.5, 0.6) is 0 Å². The molecule has 64 valence electrons. The first kappa shape index (κ1) is 7.56. The summed E-state index contributed by atoms with van der Waals surface area (Å²) in [5.41, 5.74) is 0. The molecule has 0 spiro atoms. The van der Waals surface area contributed by atoms with Crippen molar-refractivity contribution in [1.29, 1.82) is 0 Å². The molecule has 1 N–H and O–H groups in total. The zero-order chi connectivity index (χ0) is 7.84. The van der Waals surface area contributed by atoms with Crippen molar-refractivity contribution in [2.45, 2.75) is 25.9 Å². The summed E-state index contributed by atoms with van der Waals surface area (Å²) in [5, 5.41) is 3.55. The highest BCUT2D eigenvalue weighted by Crippen LogP contribution is 2.30. The fourth-order valence-corrected chi connectivity index (χ4v) is 2.70. The van der Waals surface area contributed by atoms with Crippen LogP contribution in [0.1, 0.15) is 19.8 Å². The maximum absolute atomic E-state index is 3.55. The van der Waals surface area contributed by atoms with Gasteiger partial charge in [0.2, 0.25) is 0 Å². The molecule has 0 aromatic rings. The number of nitrogens with one attached hydrogen (secondary N) is 1. The Bertz CT molecular complexity index is 146. The Balaban J connectivity index is 2.04. The summed E-state index contributed by atoms with van der Waals surface area (Å²) in [6.07, 6.45) is 3.52. The van der Waals surface area contributed by atoms with E-state index in [0.29, 0.717) is 6.17 Å². The lowest BCUT2D eigenvalue weighted by atomic mass is 9.88. The van der Waals surface area contributed by atoms with Crippen LogP contribution in [0.3, 0.4) is 0 Å². The highest BCUT2D eigenvalue weighted by atomic mass is 15.3. The molecule has 0 saturated carbocycles. The number of likely N-dealkylation sites (tertiary alicyclic amines) is 1. The summed E-state index contributed by atoms with van der Waals surface area (Å²) in [5.74, 6) is 1.84. The molecule has 2 nitrogen and oxygen atoms in total. The number of piperidine rings is 1. The first-order valence-corrected chi connectivity index (χ1v) is 4.71. The molecule has 2 saturated heterocycles. The summed E-state index contributed by atoms with van der Waals surface area (Å²) >= 11 is 0. The molecule has 0 aromatic carbocycles. The van der Waals surface area contributed by atoms with Crippen molar-refractivity contribution < 1.29 is 0 Å². The molecule has 2 heteroatoms. The molecule has 2 fully saturated rings. The van der Waals surface area contributed by atoms with E-state index in [1.165, 1.54) is 25.9 Å². The molecule has 0 radical (unpaired) electrons. The first-order valence-electron chi connectivity index (χ1n) is 4.71. The van der Waals surface area contributed by atoms with Gasteiger partial charge in [-0.05, 0) is 38.3 Å². The van der Waals surface area contributed by atoms with Crippen LogP contribution in [-0.2, 0) is 0 Å². The minimum absolute atomic E-state index is 0.700. The van der Waals surface area contributed by atoms with Crippen molar-refractivity contribution in [1.82, 2.24) is 10.2 Å². The zero-order valence-corrected chi connectivity index (χ0v) is 7.51. The Morgan fingerprint density at radius 1 is 1.45 bits per heavy atom. The molecule has 11 heavy (non-hydrogen) atoms. The Hall–Kier alpha value is -0.0800. The van der Waals surface area contributed by atoms with Gasteiger partial charge in [0.1, 0.15) is 0 Å². The van der Waals surface area contributed by atoms with Crippen LogP contribution in [-0.4, -0.2) is 31.2 Å². The number of hydrogen-bond donors (Lipinski definition) is 1. The van der Waals surface area contributed by atoms with Gasteiger partial charge in [0.25, 0.3) is 0 Å². The summed E-state index contributed by atoms with van der Waals surface area (Å²) in [6, 6.07) is 0. The molecule has 0 amide bonds. The van der Waals surface area contributed by atoms with Gasteiger partial charge in [-0.25, -0.2) is 0 Å². The van der Waals surface area contributed by atoms with E-state index < -0.39 is 0 Å². The van der Waals surface area contributed by atoms with E-state index in [0.717, 1.165) is 11.8 Å². The van der Waals surface area contributed by atoms with Crippen LogP contribution < -0.4 is 5.32 Å². The Labute approximate surface area is 69.0 Å². The van der Waals surface area contributed by atoms with Crippen molar-refractivity contribution >= 4 is 0 Å². The normalized spacial score (nSPS) is 45.8. The molecule has 0 bridgehead atoms. The van der Waals surface area contributed by atoms with Crippen molar-refractivity contribution in [3.8, 4) is 0 Å². The molecule has 0 aromatic heterocycles. The molecule has 2 heterocycles. The second-order valence-electron chi connectivity index (χ2n) is 4.23. The summed E-state index contributed by atoms with van der Waals surface area (Å²) in [4.78, 5) is 2.48. The molecule has 3 unspecified atom stereocenters. The predicted molar refractivity (Wildman–Crippen MR) is 46.3 cm³/mol. The Morgan fingerprint density at radius 3 is 3.09 bits per heavy atom. The Kier molecular flexibility index (Phi) is 1.90. The van der Waals surface area contributed by atoms with Crippen molar-refractivity contribution in [2.24, 2.45) is 11.8 Å². The second-order valence-corrected chi connectivity index (χ2v) is 4.23. The molecule has 2 aliphatic heterocycles. The third-order valence-corrected chi connectivity index (χ3v) is 3.09. The maximum Gasteiger partial charge on any atom is 0.0624 e. The standard InChI is InChI=1S/C9H18N2/c1-7-5-8-3-4-10-9(8)11(2)6-7/h7-10H,3-6H2,1-2H3. The highest BCUT2D eigenvalue weighted by molar-refractivity contribution is 4.88. The summed E-state index contributed by atoms with van der Waals surface area (Å²) in [7, 11) is 2.24. The van der Waals surface area contributed by atoms with Crippen LogP contribution in [0.15, 0.2) is 0 Å². The number of hydrogen-bond acceptors (Lipinski definition) is 2. The van der Waals surface area contributed by atoms with E-state index >= 15 is 0 Å². The smallest absolute Gasteiger partial charge is 0.0624 e. The fourth-order valence-electron chi connectivity index (χ4n) is 2.70. The van der Waals surface area contributed by atoms with Crippen molar-refractivity contribution in [3.05, 3.63) is 0 Å². The monoisotopic (exact) mass is 154 g/mol. The number of fused-ring (bicyclic) bond motifs is 1. The average molecular weight is 154 g/mol. The van der Waals surface area contributed by atoms with Crippen LogP contribution in [0.2, 0.25) is 0 Å². The summed E-state index contributed by atoms with van der Waals surface area (Å²) in [6.45, 7) is 4.87. The number of nitrogens with zero attached hydrogens (tertiary/aromatic N) is 1. The van der Waals surface area contributed by atoms with Crippen molar-refractivity contribution in [2.75, 3.05) is 20.1 Å². The van der Waals surface area contributed by atoms with Gasteiger partial charge < -0.3 is 5.32 Å². The molecular weight excluding hydrogens is 136 g/mol. The van der Waals surface area contributed by atoms with E-state index in [9.17, 15) is 0 Å². The third-order valence-electron chi connectivity index (χ3n) is 3.09. The van der Waals surface area contributed by atoms with Gasteiger partial charge >= 0.3 is 0 Å². The van der Waals surface area contributed by atoms with Crippen LogP contribution in [0.25, 0.3) is 0 Å². The molecular formula is C9H18N2. The largest absolute Gasteiger partial charge is 0.301 e. The van der Waals surface area contributed by atoms with Crippen molar-refractivity contribution in [3.63, 3.8) is 0 Å². The second kappa shape index (κ2) is 2.76. The lowest BCUT2D eigenvalue weighted by Gasteiger charge is -2.38. The minimum atomic E-state index is 0.700. The van der Waals surface area contributed by atoms with Gasteiger partial charge in [-0.3, -0.25) is 4.90 Å². The van der Waals surface area contributed by atoms with E-state index in [2.05, 4.69) is 24.2 Å². The molecule has 3 atom stereocenters. The van der Waals surface area contributed by atoms with Gasteiger partial charge in [0.15, 0.2) is 0 Å². The minimum Gasteiger partial charge on any atom is -0.301 e. The quantitative estimate of drug-likeness (QED) is 0.557. The van der Waals surface area contributed by atoms with E-state index in [-0.39, 0.29) is 0 Å². The van der Waals surface area contributed by atoms with Gasteiger partial charge in [0, 0.05) is 6.54 Å². The van der Waals surface area contributed by atoms with Crippen LogP contribution >= 0.6 is 0 Å². The summed E-state index contributed by atoms with van der Waals surface area (Å²) < 4.78 is 0. The predicted octanol–water partition coefficient (Wildman–Crippen LogP) is 0.894. The van der Waals surface area contributed by atoms with Gasteiger partial charge in [-0.1, -0.05) is 6.92 Å². The molecule has 0 aliphatic carbocycles. The zero-order valence-electron chi connectivity index (χ0n) is 7.51. The highest BCUT2D eigenvalue weighted by Gasteiger charge is 2.35. The number of rotatable bonds is 0. The van der Waals surface area contributed by atoms with E-state index in [1.807, 2.05) is 0 Å². The average Bonchev–Trinajstić information content (AvgIpc) is 2.34. The fraction of sp³-hybridized carbons (Fsp3) is 1.00. The lowest BCUT2D eigenvalue weighted by molar-refractivity contribution is 0.0933. The van der Waals surface area contributed by atoms with Gasteiger partial charge in [0.05, 0.1) is 6.17 Å². The molecule has 2 rings (SSSR count). The third kappa shape index (κ3) is 1.30.